The molecule has 2 unspecified atom stereocenters. The number of benzene rings is 2. The van der Waals surface area contributed by atoms with Gasteiger partial charge in [0, 0.05) is 16.1 Å². The molecule has 0 bridgehead atoms. The molecule has 2 atom stereocenters. The minimum atomic E-state index is -1.32. The molecule has 0 spiro atoms. The lowest BCUT2D eigenvalue weighted by Crippen LogP contribution is -2.23. The molecule has 0 aromatic heterocycles. The third-order valence-corrected chi connectivity index (χ3v) is 5.76. The summed E-state index contributed by atoms with van der Waals surface area (Å²) in [6, 6.07) is 12.9. The molecule has 3 rings (SSSR count). The van der Waals surface area contributed by atoms with Gasteiger partial charge in [-0.15, -0.1) is 0 Å². The van der Waals surface area contributed by atoms with Crippen LogP contribution in [0.1, 0.15) is 27.4 Å². The van der Waals surface area contributed by atoms with Crippen LogP contribution in [0.2, 0.25) is 0 Å². The summed E-state index contributed by atoms with van der Waals surface area (Å²) in [7, 11) is -1.32. The van der Waals surface area contributed by atoms with E-state index in [2.05, 4.69) is 28.1 Å². The Kier molecular flexibility index (Phi) is 3.95. The first-order valence-electron chi connectivity index (χ1n) is 6.55. The molecule has 1 N–H and O–H groups in total. The molecule has 5 heteroatoms. The number of halogens is 1. The van der Waals surface area contributed by atoms with Gasteiger partial charge in [0.05, 0.1) is 21.3 Å². The van der Waals surface area contributed by atoms with Crippen LogP contribution in [0.25, 0.3) is 0 Å². The number of carboxylic acids is 1. The summed E-state index contributed by atoms with van der Waals surface area (Å²) >= 11 is 3.31. The summed E-state index contributed by atoms with van der Waals surface area (Å²) in [6.07, 6.45) is 0.915. The second kappa shape index (κ2) is 5.73. The summed E-state index contributed by atoms with van der Waals surface area (Å²) in [5, 5.41) is 9.22. The second-order valence-electron chi connectivity index (χ2n) is 5.06. The molecule has 2 aromatic rings. The predicted octanol–water partition coefficient (Wildman–Crippen LogP) is 3.59. The van der Waals surface area contributed by atoms with Gasteiger partial charge in [-0.1, -0.05) is 40.2 Å². The van der Waals surface area contributed by atoms with E-state index in [1.165, 1.54) is 17.2 Å². The van der Waals surface area contributed by atoms with E-state index in [4.69, 9.17) is 0 Å². The minimum absolute atomic E-state index is 0.115. The van der Waals surface area contributed by atoms with Gasteiger partial charge in [0.1, 0.15) is 0 Å². The maximum atomic E-state index is 12.6. The molecule has 0 fully saturated rings. The zero-order valence-electron chi connectivity index (χ0n) is 11.1. The molecule has 0 saturated carbocycles. The van der Waals surface area contributed by atoms with E-state index in [0.717, 1.165) is 10.9 Å². The Bertz CT molecular complexity index is 742. The van der Waals surface area contributed by atoms with E-state index in [0.29, 0.717) is 10.6 Å². The summed E-state index contributed by atoms with van der Waals surface area (Å²) in [4.78, 5) is 11.6. The van der Waals surface area contributed by atoms with Crippen molar-refractivity contribution in [3.8, 4) is 0 Å². The van der Waals surface area contributed by atoms with Crippen LogP contribution < -0.4 is 0 Å². The van der Waals surface area contributed by atoms with Crippen LogP contribution in [0.4, 0.5) is 0 Å². The first-order chi connectivity index (χ1) is 10.1. The number of rotatable bonds is 4. The van der Waals surface area contributed by atoms with Crippen LogP contribution in [0.5, 0.6) is 0 Å². The van der Waals surface area contributed by atoms with Gasteiger partial charge in [-0.05, 0) is 35.7 Å². The summed E-state index contributed by atoms with van der Waals surface area (Å²) < 4.78 is 13.3. The number of hydrogen-bond acceptors (Lipinski definition) is 2. The first kappa shape index (κ1) is 14.5. The highest BCUT2D eigenvalue weighted by Gasteiger charge is 2.28. The predicted molar refractivity (Wildman–Crippen MR) is 85.3 cm³/mol. The van der Waals surface area contributed by atoms with Gasteiger partial charge in [-0.25, -0.2) is 4.79 Å². The molecule has 0 heterocycles. The summed E-state index contributed by atoms with van der Waals surface area (Å²) in [6.45, 7) is 0. The monoisotopic (exact) mass is 364 g/mol. The van der Waals surface area contributed by atoms with Crippen LogP contribution in [0.3, 0.4) is 0 Å². The minimum Gasteiger partial charge on any atom is -0.478 e. The van der Waals surface area contributed by atoms with Crippen LogP contribution in [0.15, 0.2) is 51.8 Å². The molecule has 1 aliphatic carbocycles. The maximum absolute atomic E-state index is 12.6. The smallest absolute Gasteiger partial charge is 0.336 e. The van der Waals surface area contributed by atoms with Gasteiger partial charge in [0.2, 0.25) is 0 Å². The Balaban J connectivity index is 1.84. The number of carbonyl (C=O) groups is 1. The van der Waals surface area contributed by atoms with Gasteiger partial charge in [-0.2, -0.15) is 0 Å². The van der Waals surface area contributed by atoms with Crippen LogP contribution >= 0.6 is 15.9 Å². The van der Waals surface area contributed by atoms with E-state index in [1.54, 1.807) is 12.1 Å². The van der Waals surface area contributed by atoms with Gasteiger partial charge in [0.25, 0.3) is 0 Å². The van der Waals surface area contributed by atoms with Crippen molar-refractivity contribution < 1.29 is 14.1 Å². The standard InChI is InChI=1S/C16H13BrO3S/c17-12-5-6-14(16(18)19)15(8-12)21(20)9-11-7-10-3-1-2-4-13(10)11/h1-6,8,11H,7,9H2,(H,18,19). The van der Waals surface area contributed by atoms with E-state index < -0.39 is 16.8 Å². The van der Waals surface area contributed by atoms with Crippen molar-refractivity contribution in [2.75, 3.05) is 5.75 Å². The van der Waals surface area contributed by atoms with E-state index in [1.807, 2.05) is 12.1 Å². The van der Waals surface area contributed by atoms with Gasteiger partial charge in [0.15, 0.2) is 0 Å². The van der Waals surface area contributed by atoms with Crippen molar-refractivity contribution in [2.45, 2.75) is 17.2 Å². The highest BCUT2D eigenvalue weighted by atomic mass is 79.9. The zero-order valence-corrected chi connectivity index (χ0v) is 13.5. The maximum Gasteiger partial charge on any atom is 0.336 e. The Hall–Kier alpha value is -1.46. The lowest BCUT2D eigenvalue weighted by molar-refractivity contribution is 0.0693. The number of aromatic carboxylic acids is 1. The molecule has 1 aliphatic rings. The lowest BCUT2D eigenvalue weighted by atomic mass is 9.79. The molecule has 0 amide bonds. The van der Waals surface area contributed by atoms with Crippen molar-refractivity contribution >= 4 is 32.7 Å². The molecule has 2 aromatic carbocycles. The van der Waals surface area contributed by atoms with Gasteiger partial charge < -0.3 is 5.11 Å². The van der Waals surface area contributed by atoms with Crippen molar-refractivity contribution in [1.82, 2.24) is 0 Å². The molecule has 108 valence electrons. The molecule has 0 saturated heterocycles. The van der Waals surface area contributed by atoms with Crippen molar-refractivity contribution in [3.63, 3.8) is 0 Å². The van der Waals surface area contributed by atoms with Gasteiger partial charge in [-0.3, -0.25) is 4.21 Å². The molecule has 0 radical (unpaired) electrons. The largest absolute Gasteiger partial charge is 0.478 e. The third kappa shape index (κ3) is 2.80. The summed E-state index contributed by atoms with van der Waals surface area (Å²) in [5.41, 5.74) is 2.65. The van der Waals surface area contributed by atoms with Crippen molar-refractivity contribution in [3.05, 3.63) is 63.6 Å². The number of fused-ring (bicyclic) bond motifs is 1. The molecule has 0 aliphatic heterocycles. The first-order valence-corrected chi connectivity index (χ1v) is 8.66. The number of carboxylic acid groups (broad SMARTS) is 1. The molecule has 21 heavy (non-hydrogen) atoms. The fourth-order valence-corrected chi connectivity index (χ4v) is 4.66. The Labute approximate surface area is 133 Å². The van der Waals surface area contributed by atoms with E-state index in [-0.39, 0.29) is 11.5 Å². The van der Waals surface area contributed by atoms with Gasteiger partial charge >= 0.3 is 5.97 Å². The topological polar surface area (TPSA) is 54.4 Å². The average Bonchev–Trinajstić information content (AvgIpc) is 2.44. The third-order valence-electron chi connectivity index (χ3n) is 3.73. The quantitative estimate of drug-likeness (QED) is 0.901. The fraction of sp³-hybridized carbons (Fsp3) is 0.188. The average molecular weight is 365 g/mol. The SMILES string of the molecule is O=C(O)c1ccc(Br)cc1S(=O)CC1Cc2ccccc21. The molecule has 3 nitrogen and oxygen atoms in total. The second-order valence-corrected chi connectivity index (χ2v) is 7.44. The zero-order chi connectivity index (χ0) is 15.0. The van der Waals surface area contributed by atoms with E-state index in [9.17, 15) is 14.1 Å². The van der Waals surface area contributed by atoms with Crippen molar-refractivity contribution in [1.29, 1.82) is 0 Å². The molecular formula is C16H13BrO3S. The molecular weight excluding hydrogens is 352 g/mol. The Morgan fingerprint density at radius 3 is 2.76 bits per heavy atom. The fourth-order valence-electron chi connectivity index (χ4n) is 2.65. The Morgan fingerprint density at radius 1 is 1.29 bits per heavy atom. The highest BCUT2D eigenvalue weighted by molar-refractivity contribution is 9.10. The number of hydrogen-bond donors (Lipinski definition) is 1. The van der Waals surface area contributed by atoms with Crippen LogP contribution in [0, 0.1) is 0 Å². The highest BCUT2D eigenvalue weighted by Crippen LogP contribution is 2.36. The lowest BCUT2D eigenvalue weighted by Gasteiger charge is -2.29. The summed E-state index contributed by atoms with van der Waals surface area (Å²) in [5.74, 6) is -0.323. The van der Waals surface area contributed by atoms with Crippen LogP contribution in [-0.2, 0) is 17.2 Å². The van der Waals surface area contributed by atoms with E-state index >= 15 is 0 Å². The normalized spacial score (nSPS) is 17.7. The van der Waals surface area contributed by atoms with Crippen molar-refractivity contribution in [2.24, 2.45) is 0 Å². The Morgan fingerprint density at radius 2 is 2.05 bits per heavy atom. The van der Waals surface area contributed by atoms with Crippen LogP contribution in [-0.4, -0.2) is 21.0 Å².